The van der Waals surface area contributed by atoms with E-state index in [0.29, 0.717) is 0 Å². The average molecular weight is 222 g/mol. The summed E-state index contributed by atoms with van der Waals surface area (Å²) >= 11 is 0. The van der Waals surface area contributed by atoms with Crippen LogP contribution in [0.25, 0.3) is 0 Å². The lowest BCUT2D eigenvalue weighted by Crippen LogP contribution is -2.47. The van der Waals surface area contributed by atoms with Gasteiger partial charge in [0.15, 0.2) is 0 Å². The highest BCUT2D eigenvalue weighted by Crippen LogP contribution is 2.20. The average Bonchev–Trinajstić information content (AvgIpc) is 1.96. The van der Waals surface area contributed by atoms with Crippen LogP contribution in [0.3, 0.4) is 0 Å². The van der Waals surface area contributed by atoms with Crippen molar-refractivity contribution < 1.29 is 20.0 Å². The van der Waals surface area contributed by atoms with Gasteiger partial charge in [-0.1, -0.05) is 6.92 Å². The van der Waals surface area contributed by atoms with Crippen molar-refractivity contribution in [1.82, 2.24) is 0 Å². The fourth-order valence-electron chi connectivity index (χ4n) is 1.43. The third-order valence-corrected chi connectivity index (χ3v) is 1.93. The molecule has 15 heavy (non-hydrogen) atoms. The minimum Gasteiger partial charge on any atom is -0.383 e. The molecule has 0 fully saturated rings. The first-order valence-corrected chi connectivity index (χ1v) is 4.29. The molecule has 8 heteroatoms. The molecule has 1 N–H and O–H groups in total. The summed E-state index contributed by atoms with van der Waals surface area (Å²) in [5, 5.41) is 29.0. The number of hydrogen-bond acceptors (Lipinski definition) is 6. The van der Waals surface area contributed by atoms with E-state index in [1.54, 1.807) is 0 Å². The zero-order valence-corrected chi connectivity index (χ0v) is 8.74. The summed E-state index contributed by atoms with van der Waals surface area (Å²) in [5.41, 5.74) is -1.55. The van der Waals surface area contributed by atoms with Crippen LogP contribution < -0.4 is 0 Å². The molecule has 8 nitrogen and oxygen atoms in total. The second-order valence-corrected chi connectivity index (χ2v) is 3.88. The van der Waals surface area contributed by atoms with Crippen LogP contribution in [0.15, 0.2) is 0 Å². The largest absolute Gasteiger partial charge is 0.383 e. The minimum absolute atomic E-state index is 0.414. The zero-order valence-electron chi connectivity index (χ0n) is 8.74. The third-order valence-electron chi connectivity index (χ3n) is 1.93. The Morgan fingerprint density at radius 2 is 1.87 bits per heavy atom. The second-order valence-electron chi connectivity index (χ2n) is 3.88. The Morgan fingerprint density at radius 1 is 1.40 bits per heavy atom. The Kier molecular flexibility index (Phi) is 4.40. The van der Waals surface area contributed by atoms with Crippen molar-refractivity contribution in [3.8, 4) is 0 Å². The molecule has 0 saturated heterocycles. The van der Waals surface area contributed by atoms with E-state index in [1.165, 1.54) is 20.8 Å². The molecular weight excluding hydrogens is 208 g/mol. The Morgan fingerprint density at radius 3 is 2.13 bits per heavy atom. The van der Waals surface area contributed by atoms with E-state index in [0.717, 1.165) is 0 Å². The molecule has 2 atom stereocenters. The predicted molar refractivity (Wildman–Crippen MR) is 49.2 cm³/mol. The first-order valence-electron chi connectivity index (χ1n) is 4.29. The maximum Gasteiger partial charge on any atom is 0.294 e. The van der Waals surface area contributed by atoms with Crippen molar-refractivity contribution in [2.24, 2.45) is 5.92 Å². The molecule has 88 valence electrons. The van der Waals surface area contributed by atoms with Crippen LogP contribution in [0.2, 0.25) is 0 Å². The smallest absolute Gasteiger partial charge is 0.294 e. The van der Waals surface area contributed by atoms with E-state index < -0.39 is 34.2 Å². The van der Waals surface area contributed by atoms with Gasteiger partial charge in [-0.2, -0.15) is 0 Å². The highest BCUT2D eigenvalue weighted by atomic mass is 16.9. The summed E-state index contributed by atoms with van der Waals surface area (Å²) < 4.78 is 0. The van der Waals surface area contributed by atoms with Gasteiger partial charge in [0.25, 0.3) is 5.09 Å². The summed E-state index contributed by atoms with van der Waals surface area (Å²) in [6, 6.07) is -1.31. The Balaban J connectivity index is 4.51. The summed E-state index contributed by atoms with van der Waals surface area (Å²) in [4.78, 5) is 23.9. The topological polar surface area (TPSA) is 116 Å². The number of hydrogen-bond donors (Lipinski definition) is 1. The van der Waals surface area contributed by atoms with Gasteiger partial charge in [0.2, 0.25) is 6.04 Å². The van der Waals surface area contributed by atoms with Crippen molar-refractivity contribution in [2.45, 2.75) is 32.4 Å². The molecule has 0 aromatic heterocycles. The van der Waals surface area contributed by atoms with Crippen LogP contribution in [0, 0.1) is 26.1 Å². The summed E-state index contributed by atoms with van der Waals surface area (Å²) in [6.45, 7) is 3.56. The van der Waals surface area contributed by atoms with Gasteiger partial charge in [0.1, 0.15) is 12.2 Å². The van der Waals surface area contributed by atoms with Crippen LogP contribution in [0.1, 0.15) is 20.8 Å². The molecule has 0 aromatic rings. The molecule has 2 unspecified atom stereocenters. The molecule has 0 aliphatic rings. The van der Waals surface area contributed by atoms with Crippen molar-refractivity contribution in [1.29, 1.82) is 0 Å². The van der Waals surface area contributed by atoms with Gasteiger partial charge in [0, 0.05) is 4.92 Å². The molecule has 0 radical (unpaired) electrons. The van der Waals surface area contributed by atoms with Crippen LogP contribution >= 0.6 is 0 Å². The van der Waals surface area contributed by atoms with E-state index in [1.807, 2.05) is 0 Å². The van der Waals surface area contributed by atoms with Crippen molar-refractivity contribution in [3.05, 3.63) is 20.2 Å². The molecule has 0 aliphatic heterocycles. The predicted octanol–water partition coefficient (Wildman–Crippen LogP) is 0.247. The lowest BCUT2D eigenvalue weighted by Gasteiger charge is -2.26. The lowest BCUT2D eigenvalue weighted by molar-refractivity contribution is -0.760. The van der Waals surface area contributed by atoms with Gasteiger partial charge in [-0.15, -0.1) is 10.1 Å². The Bertz CT molecular complexity index is 248. The maximum absolute atomic E-state index is 10.7. The standard InChI is InChI=1S/C7H14N2O6/c1-5(4-15-9(13)14)6(8(11)12)7(2,3)10/h5-6,10H,4H2,1-3H3. The summed E-state index contributed by atoms with van der Waals surface area (Å²) in [5.74, 6) is -0.759. The van der Waals surface area contributed by atoms with Crippen LogP contribution in [0.5, 0.6) is 0 Å². The molecule has 0 bridgehead atoms. The first-order chi connectivity index (χ1) is 6.66. The van der Waals surface area contributed by atoms with Gasteiger partial charge >= 0.3 is 0 Å². The first kappa shape index (κ1) is 13.6. The highest BCUT2D eigenvalue weighted by molar-refractivity contribution is 4.81. The Labute approximate surface area is 86.1 Å². The van der Waals surface area contributed by atoms with E-state index in [-0.39, 0.29) is 0 Å². The molecule has 0 aliphatic carbocycles. The number of nitrogens with zero attached hydrogens (tertiary/aromatic N) is 2. The van der Waals surface area contributed by atoms with E-state index in [2.05, 4.69) is 4.84 Å². The van der Waals surface area contributed by atoms with Crippen LogP contribution in [-0.4, -0.2) is 33.4 Å². The van der Waals surface area contributed by atoms with E-state index in [4.69, 9.17) is 0 Å². The second kappa shape index (κ2) is 4.87. The molecular formula is C7H14N2O6. The Hall–Kier alpha value is -1.44. The van der Waals surface area contributed by atoms with Crippen molar-refractivity contribution >= 4 is 0 Å². The quantitative estimate of drug-likeness (QED) is 0.508. The van der Waals surface area contributed by atoms with Gasteiger partial charge in [-0.25, -0.2) is 0 Å². The monoisotopic (exact) mass is 222 g/mol. The summed E-state index contributed by atoms with van der Waals surface area (Å²) in [7, 11) is 0. The van der Waals surface area contributed by atoms with Crippen LogP contribution in [-0.2, 0) is 4.84 Å². The number of nitro groups is 1. The SMILES string of the molecule is CC(CO[N+](=O)[O-])C([N+](=O)[O-])C(C)(C)O. The number of aliphatic hydroxyl groups is 1. The van der Waals surface area contributed by atoms with Gasteiger partial charge in [-0.05, 0) is 13.8 Å². The third kappa shape index (κ3) is 4.54. The molecule has 0 aromatic carbocycles. The molecule has 0 saturated carbocycles. The summed E-state index contributed by atoms with van der Waals surface area (Å²) in [6.07, 6.45) is 0. The van der Waals surface area contributed by atoms with Crippen molar-refractivity contribution in [3.63, 3.8) is 0 Å². The fourth-order valence-corrected chi connectivity index (χ4v) is 1.43. The highest BCUT2D eigenvalue weighted by Gasteiger charge is 2.42. The van der Waals surface area contributed by atoms with Gasteiger partial charge in [0.05, 0.1) is 5.92 Å². The van der Waals surface area contributed by atoms with Gasteiger partial charge < -0.3 is 9.94 Å². The molecule has 0 spiro atoms. The van der Waals surface area contributed by atoms with Crippen LogP contribution in [0.4, 0.5) is 0 Å². The van der Waals surface area contributed by atoms with E-state index >= 15 is 0 Å². The van der Waals surface area contributed by atoms with Crippen molar-refractivity contribution in [2.75, 3.05) is 6.61 Å². The fraction of sp³-hybridized carbons (Fsp3) is 1.00. The molecule has 0 heterocycles. The normalized spacial score (nSPS) is 15.5. The molecule has 0 amide bonds. The lowest BCUT2D eigenvalue weighted by atomic mass is 9.89. The maximum atomic E-state index is 10.7. The van der Waals surface area contributed by atoms with E-state index in [9.17, 15) is 25.3 Å². The zero-order chi connectivity index (χ0) is 12.2. The number of rotatable bonds is 6. The van der Waals surface area contributed by atoms with Gasteiger partial charge in [-0.3, -0.25) is 10.1 Å². The molecule has 0 rings (SSSR count). The minimum atomic E-state index is -1.55.